The lowest BCUT2D eigenvalue weighted by molar-refractivity contribution is 0.106. The predicted octanol–water partition coefficient (Wildman–Crippen LogP) is 3.03. The average Bonchev–Trinajstić information content (AvgIpc) is 2.87. The SMILES string of the molecule is Cc1ccn2cc(C[C@@H]3CCCCN3C(=O)O)nc2c1C. The van der Waals surface area contributed by atoms with Crippen molar-refractivity contribution in [3.05, 3.63) is 35.3 Å². The number of aryl methyl sites for hydroxylation is 2. The average molecular weight is 287 g/mol. The van der Waals surface area contributed by atoms with Gasteiger partial charge in [0.1, 0.15) is 5.65 Å². The Kier molecular flexibility index (Phi) is 3.57. The van der Waals surface area contributed by atoms with Crippen molar-refractivity contribution in [2.45, 2.75) is 45.6 Å². The van der Waals surface area contributed by atoms with Gasteiger partial charge >= 0.3 is 6.09 Å². The molecule has 3 rings (SSSR count). The van der Waals surface area contributed by atoms with E-state index in [9.17, 15) is 9.90 Å². The van der Waals surface area contributed by atoms with Crippen LogP contribution in [0.4, 0.5) is 4.79 Å². The number of imidazole rings is 1. The highest BCUT2D eigenvalue weighted by Crippen LogP contribution is 2.22. The number of rotatable bonds is 2. The Bertz CT molecular complexity index is 677. The summed E-state index contributed by atoms with van der Waals surface area (Å²) in [4.78, 5) is 17.6. The molecule has 0 saturated carbocycles. The van der Waals surface area contributed by atoms with E-state index in [4.69, 9.17) is 4.98 Å². The van der Waals surface area contributed by atoms with Gasteiger partial charge in [-0.15, -0.1) is 0 Å². The normalized spacial score (nSPS) is 19.1. The largest absolute Gasteiger partial charge is 0.465 e. The van der Waals surface area contributed by atoms with Crippen molar-refractivity contribution in [2.75, 3.05) is 6.54 Å². The third-order valence-electron chi connectivity index (χ3n) is 4.51. The van der Waals surface area contributed by atoms with Crippen molar-refractivity contribution in [3.8, 4) is 0 Å². The number of piperidine rings is 1. The lowest BCUT2D eigenvalue weighted by atomic mass is 9.99. The topological polar surface area (TPSA) is 57.8 Å². The molecule has 0 bridgehead atoms. The van der Waals surface area contributed by atoms with E-state index in [1.807, 2.05) is 16.8 Å². The molecule has 2 aromatic heterocycles. The first-order valence-electron chi connectivity index (χ1n) is 7.49. The molecule has 0 aromatic carbocycles. The first-order valence-corrected chi connectivity index (χ1v) is 7.49. The molecule has 1 atom stereocenters. The highest BCUT2D eigenvalue weighted by atomic mass is 16.4. The Balaban J connectivity index is 1.87. The second-order valence-corrected chi connectivity index (χ2v) is 5.92. The molecule has 0 radical (unpaired) electrons. The first kappa shape index (κ1) is 13.9. The molecule has 1 amide bonds. The number of aromatic nitrogens is 2. The van der Waals surface area contributed by atoms with Gasteiger partial charge in [-0.1, -0.05) is 0 Å². The van der Waals surface area contributed by atoms with Crippen molar-refractivity contribution in [1.29, 1.82) is 0 Å². The molecular weight excluding hydrogens is 266 g/mol. The first-order chi connectivity index (χ1) is 10.1. The number of carboxylic acid groups (broad SMARTS) is 1. The zero-order valence-corrected chi connectivity index (χ0v) is 12.5. The van der Waals surface area contributed by atoms with Crippen LogP contribution in [0, 0.1) is 13.8 Å². The fourth-order valence-corrected chi connectivity index (χ4v) is 3.13. The van der Waals surface area contributed by atoms with Gasteiger partial charge in [-0.05, 0) is 50.3 Å². The lowest BCUT2D eigenvalue weighted by Crippen LogP contribution is -2.44. The fourth-order valence-electron chi connectivity index (χ4n) is 3.13. The van der Waals surface area contributed by atoms with Crippen molar-refractivity contribution in [2.24, 2.45) is 0 Å². The minimum absolute atomic E-state index is 0.0579. The van der Waals surface area contributed by atoms with Crippen molar-refractivity contribution in [3.63, 3.8) is 0 Å². The van der Waals surface area contributed by atoms with Crippen LogP contribution in [0.25, 0.3) is 5.65 Å². The van der Waals surface area contributed by atoms with Gasteiger partial charge in [0.15, 0.2) is 0 Å². The molecule has 3 heterocycles. The van der Waals surface area contributed by atoms with Gasteiger partial charge in [-0.3, -0.25) is 0 Å². The Morgan fingerprint density at radius 2 is 2.24 bits per heavy atom. The Labute approximate surface area is 124 Å². The van der Waals surface area contributed by atoms with Crippen LogP contribution in [0.15, 0.2) is 18.5 Å². The second kappa shape index (κ2) is 5.39. The molecule has 1 fully saturated rings. The van der Waals surface area contributed by atoms with E-state index in [2.05, 4.69) is 19.9 Å². The highest BCUT2D eigenvalue weighted by molar-refractivity contribution is 5.65. The number of likely N-dealkylation sites (tertiary alicyclic amines) is 1. The summed E-state index contributed by atoms with van der Waals surface area (Å²) in [5.41, 5.74) is 4.36. The minimum Gasteiger partial charge on any atom is -0.465 e. The van der Waals surface area contributed by atoms with Crippen LogP contribution < -0.4 is 0 Å². The fraction of sp³-hybridized carbons (Fsp3) is 0.500. The Hall–Kier alpha value is -2.04. The van der Waals surface area contributed by atoms with Gasteiger partial charge in [0, 0.05) is 31.4 Å². The van der Waals surface area contributed by atoms with E-state index in [1.165, 1.54) is 11.1 Å². The van der Waals surface area contributed by atoms with Gasteiger partial charge in [-0.2, -0.15) is 0 Å². The molecule has 112 valence electrons. The summed E-state index contributed by atoms with van der Waals surface area (Å²) >= 11 is 0. The van der Waals surface area contributed by atoms with E-state index >= 15 is 0 Å². The molecule has 0 unspecified atom stereocenters. The third-order valence-corrected chi connectivity index (χ3v) is 4.51. The van der Waals surface area contributed by atoms with Gasteiger partial charge < -0.3 is 14.4 Å². The Morgan fingerprint density at radius 1 is 1.43 bits per heavy atom. The van der Waals surface area contributed by atoms with Gasteiger partial charge in [0.25, 0.3) is 0 Å². The van der Waals surface area contributed by atoms with Crippen molar-refractivity contribution >= 4 is 11.7 Å². The van der Waals surface area contributed by atoms with E-state index < -0.39 is 6.09 Å². The standard InChI is InChI=1S/C16H21N3O2/c1-11-6-8-18-10-13(17-15(18)12(11)2)9-14-5-3-4-7-19(14)16(20)21/h6,8,10,14H,3-5,7,9H2,1-2H3,(H,20,21)/t14-/m0/s1. The molecule has 5 nitrogen and oxygen atoms in total. The minimum atomic E-state index is -0.810. The lowest BCUT2D eigenvalue weighted by Gasteiger charge is -2.33. The zero-order chi connectivity index (χ0) is 15.0. The number of hydrogen-bond donors (Lipinski definition) is 1. The third kappa shape index (κ3) is 2.60. The van der Waals surface area contributed by atoms with Crippen LogP contribution in [-0.4, -0.2) is 38.1 Å². The highest BCUT2D eigenvalue weighted by Gasteiger charge is 2.27. The van der Waals surface area contributed by atoms with Crippen LogP contribution in [0.3, 0.4) is 0 Å². The smallest absolute Gasteiger partial charge is 0.407 e. The number of pyridine rings is 1. The second-order valence-electron chi connectivity index (χ2n) is 5.92. The number of fused-ring (bicyclic) bond motifs is 1. The van der Waals surface area contributed by atoms with Crippen LogP contribution in [-0.2, 0) is 6.42 Å². The van der Waals surface area contributed by atoms with E-state index in [1.54, 1.807) is 4.90 Å². The van der Waals surface area contributed by atoms with Crippen LogP contribution in [0.2, 0.25) is 0 Å². The molecule has 0 spiro atoms. The van der Waals surface area contributed by atoms with Crippen molar-refractivity contribution in [1.82, 2.24) is 14.3 Å². The summed E-state index contributed by atoms with van der Waals surface area (Å²) in [6, 6.07) is 2.14. The van der Waals surface area contributed by atoms with Gasteiger partial charge in [-0.25, -0.2) is 9.78 Å². The number of carbonyl (C=O) groups is 1. The summed E-state index contributed by atoms with van der Waals surface area (Å²) in [5.74, 6) is 0. The van der Waals surface area contributed by atoms with Gasteiger partial charge in [0.05, 0.1) is 5.69 Å². The maximum Gasteiger partial charge on any atom is 0.407 e. The van der Waals surface area contributed by atoms with E-state index in [-0.39, 0.29) is 6.04 Å². The quantitative estimate of drug-likeness (QED) is 0.923. The summed E-state index contributed by atoms with van der Waals surface area (Å²) in [7, 11) is 0. The number of amides is 1. The number of nitrogens with zero attached hydrogens (tertiary/aromatic N) is 3. The summed E-state index contributed by atoms with van der Waals surface area (Å²) in [5, 5.41) is 9.31. The predicted molar refractivity (Wildman–Crippen MR) is 80.7 cm³/mol. The molecule has 1 saturated heterocycles. The maximum atomic E-state index is 11.3. The molecule has 5 heteroatoms. The zero-order valence-electron chi connectivity index (χ0n) is 12.5. The van der Waals surface area contributed by atoms with E-state index in [0.29, 0.717) is 13.0 Å². The molecule has 1 aliphatic rings. The van der Waals surface area contributed by atoms with Crippen LogP contribution >= 0.6 is 0 Å². The van der Waals surface area contributed by atoms with Crippen molar-refractivity contribution < 1.29 is 9.90 Å². The molecular formula is C16H21N3O2. The van der Waals surface area contributed by atoms with Crippen LogP contribution in [0.5, 0.6) is 0 Å². The molecule has 1 N–H and O–H groups in total. The van der Waals surface area contributed by atoms with Crippen LogP contribution in [0.1, 0.15) is 36.1 Å². The molecule has 2 aromatic rings. The maximum absolute atomic E-state index is 11.3. The monoisotopic (exact) mass is 287 g/mol. The van der Waals surface area contributed by atoms with Gasteiger partial charge in [0.2, 0.25) is 0 Å². The Morgan fingerprint density at radius 3 is 3.00 bits per heavy atom. The molecule has 0 aliphatic carbocycles. The van der Waals surface area contributed by atoms with E-state index in [0.717, 1.165) is 30.6 Å². The summed E-state index contributed by atoms with van der Waals surface area (Å²) in [6.07, 6.45) is 6.92. The molecule has 21 heavy (non-hydrogen) atoms. The summed E-state index contributed by atoms with van der Waals surface area (Å²) in [6.45, 7) is 4.80. The summed E-state index contributed by atoms with van der Waals surface area (Å²) < 4.78 is 2.03. The number of hydrogen-bond acceptors (Lipinski definition) is 2. The molecule has 1 aliphatic heterocycles.